The molecule has 0 aliphatic carbocycles. The molecule has 1 amide bonds. The molecule has 3 aromatic rings. The van der Waals surface area contributed by atoms with Crippen molar-refractivity contribution in [1.82, 2.24) is 15.3 Å². The second kappa shape index (κ2) is 9.75. The van der Waals surface area contributed by atoms with E-state index in [-0.39, 0.29) is 11.4 Å². The molecule has 0 aliphatic heterocycles. The van der Waals surface area contributed by atoms with Crippen molar-refractivity contribution in [1.29, 1.82) is 0 Å². The van der Waals surface area contributed by atoms with Crippen LogP contribution < -0.4 is 11.1 Å². The molecule has 0 bridgehead atoms. The maximum Gasteiger partial charge on any atom is 0.254 e. The molecule has 150 valence electrons. The number of hydrogen-bond acceptors (Lipinski definition) is 5. The summed E-state index contributed by atoms with van der Waals surface area (Å²) in [6, 6.07) is 13.7. The number of nitrogen functional groups attached to an aromatic ring is 1. The van der Waals surface area contributed by atoms with Gasteiger partial charge in [-0.05, 0) is 24.6 Å². The standard InChI is InChI=1S/C22H23FN4O2/c1-2-29-11-10-17-14-25-21(24)20(27-17)16-8-9-18(19(23)12-16)22(28)26-13-15-6-4-3-5-7-15/h3-9,12,14H,2,10-11,13H2,1H3,(H2,24,25)(H,26,28). The normalized spacial score (nSPS) is 10.7. The van der Waals surface area contributed by atoms with Crippen molar-refractivity contribution in [2.75, 3.05) is 18.9 Å². The van der Waals surface area contributed by atoms with Gasteiger partial charge in [-0.1, -0.05) is 36.4 Å². The van der Waals surface area contributed by atoms with Crippen molar-refractivity contribution in [3.05, 3.63) is 77.4 Å². The first-order valence-corrected chi connectivity index (χ1v) is 9.39. The number of aromatic nitrogens is 2. The van der Waals surface area contributed by atoms with Crippen molar-refractivity contribution < 1.29 is 13.9 Å². The number of nitrogens with two attached hydrogens (primary N) is 1. The van der Waals surface area contributed by atoms with E-state index in [0.717, 1.165) is 5.56 Å². The van der Waals surface area contributed by atoms with Gasteiger partial charge in [0.1, 0.15) is 17.3 Å². The van der Waals surface area contributed by atoms with E-state index in [1.54, 1.807) is 12.3 Å². The van der Waals surface area contributed by atoms with E-state index in [1.165, 1.54) is 12.1 Å². The van der Waals surface area contributed by atoms with Gasteiger partial charge in [0.2, 0.25) is 0 Å². The number of rotatable bonds is 8. The van der Waals surface area contributed by atoms with E-state index in [2.05, 4.69) is 15.3 Å². The molecule has 1 aromatic heterocycles. The van der Waals surface area contributed by atoms with Crippen LogP contribution in [0.2, 0.25) is 0 Å². The largest absolute Gasteiger partial charge is 0.382 e. The molecule has 0 radical (unpaired) electrons. The molecule has 3 rings (SSSR count). The summed E-state index contributed by atoms with van der Waals surface area (Å²) in [6.45, 7) is 3.37. The molecule has 0 unspecified atom stereocenters. The first-order chi connectivity index (χ1) is 14.1. The lowest BCUT2D eigenvalue weighted by atomic mass is 10.1. The molecule has 6 nitrogen and oxygen atoms in total. The fourth-order valence-electron chi connectivity index (χ4n) is 2.81. The van der Waals surface area contributed by atoms with E-state index in [1.807, 2.05) is 37.3 Å². The highest BCUT2D eigenvalue weighted by Crippen LogP contribution is 2.24. The third-order valence-corrected chi connectivity index (χ3v) is 4.34. The van der Waals surface area contributed by atoms with Crippen LogP contribution in [0.25, 0.3) is 11.3 Å². The highest BCUT2D eigenvalue weighted by atomic mass is 19.1. The van der Waals surface area contributed by atoms with Crippen molar-refractivity contribution in [3.8, 4) is 11.3 Å². The second-order valence-corrected chi connectivity index (χ2v) is 6.41. The van der Waals surface area contributed by atoms with Crippen LogP contribution in [0.5, 0.6) is 0 Å². The van der Waals surface area contributed by atoms with Crippen molar-refractivity contribution in [3.63, 3.8) is 0 Å². The number of amides is 1. The van der Waals surface area contributed by atoms with Gasteiger partial charge in [0, 0.05) is 25.1 Å². The van der Waals surface area contributed by atoms with Crippen LogP contribution in [0.3, 0.4) is 0 Å². The molecule has 7 heteroatoms. The Morgan fingerprint density at radius 2 is 2.00 bits per heavy atom. The Morgan fingerprint density at radius 1 is 1.21 bits per heavy atom. The highest BCUT2D eigenvalue weighted by molar-refractivity contribution is 5.95. The van der Waals surface area contributed by atoms with Gasteiger partial charge in [0.15, 0.2) is 0 Å². The smallest absolute Gasteiger partial charge is 0.254 e. The maximum atomic E-state index is 14.6. The van der Waals surface area contributed by atoms with E-state index in [0.29, 0.717) is 43.1 Å². The van der Waals surface area contributed by atoms with Crippen LogP contribution in [0.15, 0.2) is 54.7 Å². The number of benzene rings is 2. The number of ether oxygens (including phenoxy) is 1. The maximum absolute atomic E-state index is 14.6. The summed E-state index contributed by atoms with van der Waals surface area (Å²) in [5.74, 6) is -0.928. The van der Waals surface area contributed by atoms with Crippen LogP contribution in [0, 0.1) is 5.82 Å². The predicted octanol–water partition coefficient (Wildman–Crippen LogP) is 3.37. The van der Waals surface area contributed by atoms with Gasteiger partial charge in [-0.25, -0.2) is 14.4 Å². The van der Waals surface area contributed by atoms with Crippen LogP contribution in [-0.2, 0) is 17.7 Å². The topological polar surface area (TPSA) is 90.1 Å². The molecule has 0 saturated carbocycles. The van der Waals surface area contributed by atoms with E-state index >= 15 is 0 Å². The molecule has 3 N–H and O–H groups in total. The average molecular weight is 394 g/mol. The lowest BCUT2D eigenvalue weighted by Crippen LogP contribution is -2.23. The van der Waals surface area contributed by atoms with Gasteiger partial charge < -0.3 is 15.8 Å². The molecule has 29 heavy (non-hydrogen) atoms. The number of carbonyl (C=O) groups excluding carboxylic acids is 1. The minimum atomic E-state index is -0.644. The lowest BCUT2D eigenvalue weighted by Gasteiger charge is -2.10. The first kappa shape index (κ1) is 20.4. The number of carbonyl (C=O) groups is 1. The summed E-state index contributed by atoms with van der Waals surface area (Å²) in [7, 11) is 0. The number of halogens is 1. The second-order valence-electron chi connectivity index (χ2n) is 6.41. The quantitative estimate of drug-likeness (QED) is 0.572. The third-order valence-electron chi connectivity index (χ3n) is 4.34. The van der Waals surface area contributed by atoms with Gasteiger partial charge in [-0.2, -0.15) is 0 Å². The molecular formula is C22H23FN4O2. The van der Waals surface area contributed by atoms with Crippen molar-refractivity contribution in [2.24, 2.45) is 0 Å². The monoisotopic (exact) mass is 394 g/mol. The van der Waals surface area contributed by atoms with Crippen LogP contribution >= 0.6 is 0 Å². The first-order valence-electron chi connectivity index (χ1n) is 9.39. The SMILES string of the molecule is CCOCCc1cnc(N)c(-c2ccc(C(=O)NCc3ccccc3)c(F)c2)n1. The van der Waals surface area contributed by atoms with Crippen LogP contribution in [0.1, 0.15) is 28.5 Å². The molecule has 2 aromatic carbocycles. The van der Waals surface area contributed by atoms with Crippen LogP contribution in [0.4, 0.5) is 10.2 Å². The summed E-state index contributed by atoms with van der Waals surface area (Å²) < 4.78 is 19.9. The summed E-state index contributed by atoms with van der Waals surface area (Å²) in [5.41, 5.74) is 8.37. The van der Waals surface area contributed by atoms with Gasteiger partial charge in [0.25, 0.3) is 5.91 Å². The number of nitrogens with one attached hydrogen (secondary N) is 1. The molecular weight excluding hydrogens is 371 g/mol. The number of hydrogen-bond donors (Lipinski definition) is 2. The molecule has 0 spiro atoms. The Kier molecular flexibility index (Phi) is 6.86. The third kappa shape index (κ3) is 5.36. The zero-order valence-corrected chi connectivity index (χ0v) is 16.2. The summed E-state index contributed by atoms with van der Waals surface area (Å²) in [6.07, 6.45) is 2.16. The minimum absolute atomic E-state index is 0.0382. The number of anilines is 1. The summed E-state index contributed by atoms with van der Waals surface area (Å²) >= 11 is 0. The van der Waals surface area contributed by atoms with Crippen molar-refractivity contribution in [2.45, 2.75) is 19.9 Å². The lowest BCUT2D eigenvalue weighted by molar-refractivity contribution is 0.0947. The Morgan fingerprint density at radius 3 is 2.72 bits per heavy atom. The van der Waals surface area contributed by atoms with Gasteiger partial charge in [0.05, 0.1) is 24.1 Å². The van der Waals surface area contributed by atoms with Gasteiger partial charge in [-0.3, -0.25) is 4.79 Å². The zero-order chi connectivity index (χ0) is 20.6. The van der Waals surface area contributed by atoms with E-state index < -0.39 is 11.7 Å². The zero-order valence-electron chi connectivity index (χ0n) is 16.2. The molecule has 0 saturated heterocycles. The summed E-state index contributed by atoms with van der Waals surface area (Å²) in [4.78, 5) is 21.0. The van der Waals surface area contributed by atoms with Gasteiger partial charge in [-0.15, -0.1) is 0 Å². The Balaban J connectivity index is 1.75. The highest BCUT2D eigenvalue weighted by Gasteiger charge is 2.15. The molecule has 0 aliphatic rings. The Labute approximate surface area is 169 Å². The van der Waals surface area contributed by atoms with Crippen molar-refractivity contribution >= 4 is 11.7 Å². The minimum Gasteiger partial charge on any atom is -0.382 e. The van der Waals surface area contributed by atoms with E-state index in [9.17, 15) is 9.18 Å². The average Bonchev–Trinajstić information content (AvgIpc) is 2.74. The fraction of sp³-hybridized carbons (Fsp3) is 0.227. The van der Waals surface area contributed by atoms with E-state index in [4.69, 9.17) is 10.5 Å². The predicted molar refractivity (Wildman–Crippen MR) is 110 cm³/mol. The molecule has 0 atom stereocenters. The molecule has 1 heterocycles. The van der Waals surface area contributed by atoms with Crippen LogP contribution in [-0.4, -0.2) is 29.1 Å². The summed E-state index contributed by atoms with van der Waals surface area (Å²) in [5, 5.41) is 2.72. The van der Waals surface area contributed by atoms with Gasteiger partial charge >= 0.3 is 0 Å². The number of nitrogens with zero attached hydrogens (tertiary/aromatic N) is 2. The molecule has 0 fully saturated rings. The fourth-order valence-corrected chi connectivity index (χ4v) is 2.81. The Bertz CT molecular complexity index is 980. The Hall–Kier alpha value is -3.32.